The van der Waals surface area contributed by atoms with Crippen molar-refractivity contribution in [2.75, 3.05) is 31.6 Å². The van der Waals surface area contributed by atoms with E-state index in [2.05, 4.69) is 22.5 Å². The van der Waals surface area contributed by atoms with E-state index in [0.29, 0.717) is 25.4 Å². The first-order valence-corrected chi connectivity index (χ1v) is 10.6. The molecule has 1 aromatic rings. The number of fused-ring (bicyclic) bond motifs is 1. The van der Waals surface area contributed by atoms with Crippen molar-refractivity contribution in [2.45, 2.75) is 58.6 Å². The van der Waals surface area contributed by atoms with Gasteiger partial charge in [0.2, 0.25) is 5.91 Å². The molecule has 1 unspecified atom stereocenters. The van der Waals surface area contributed by atoms with Crippen LogP contribution in [0, 0.1) is 5.92 Å². The van der Waals surface area contributed by atoms with Crippen LogP contribution in [0.2, 0.25) is 0 Å². The van der Waals surface area contributed by atoms with Crippen molar-refractivity contribution in [1.29, 1.82) is 0 Å². The summed E-state index contributed by atoms with van der Waals surface area (Å²) in [7, 11) is 0. The lowest BCUT2D eigenvalue weighted by Crippen LogP contribution is -2.47. The number of amides is 2. The molecule has 2 aliphatic heterocycles. The van der Waals surface area contributed by atoms with Crippen LogP contribution < -0.4 is 15.4 Å². The van der Waals surface area contributed by atoms with Gasteiger partial charge in [-0.1, -0.05) is 19.9 Å². The van der Waals surface area contributed by atoms with E-state index in [-0.39, 0.29) is 24.1 Å². The number of nitrogens with one attached hydrogen (secondary N) is 2. The SMILES string of the molecule is CC(C)COC(=O)NC1CCN(CC(C)Oc2cccc3c2CCC(=O)N3)CC1. The highest BCUT2D eigenvalue weighted by Gasteiger charge is 2.24. The zero-order valence-electron chi connectivity index (χ0n) is 17.7. The summed E-state index contributed by atoms with van der Waals surface area (Å²) in [6.07, 6.45) is 2.78. The highest BCUT2D eigenvalue weighted by molar-refractivity contribution is 5.94. The molecule has 0 radical (unpaired) electrons. The minimum Gasteiger partial charge on any atom is -0.489 e. The molecule has 160 valence electrons. The van der Waals surface area contributed by atoms with Crippen molar-refractivity contribution in [3.63, 3.8) is 0 Å². The van der Waals surface area contributed by atoms with Gasteiger partial charge in [0, 0.05) is 43.3 Å². The van der Waals surface area contributed by atoms with Gasteiger partial charge in [-0.2, -0.15) is 0 Å². The van der Waals surface area contributed by atoms with Crippen molar-refractivity contribution in [3.05, 3.63) is 23.8 Å². The lowest BCUT2D eigenvalue weighted by atomic mass is 10.0. The van der Waals surface area contributed by atoms with Gasteiger partial charge in [-0.3, -0.25) is 9.69 Å². The zero-order chi connectivity index (χ0) is 20.8. The fourth-order valence-corrected chi connectivity index (χ4v) is 3.83. The Morgan fingerprint density at radius 1 is 1.24 bits per heavy atom. The molecule has 0 spiro atoms. The Labute approximate surface area is 173 Å². The summed E-state index contributed by atoms with van der Waals surface area (Å²) in [6.45, 7) is 9.26. The molecule has 1 fully saturated rings. The van der Waals surface area contributed by atoms with E-state index < -0.39 is 0 Å². The number of carbonyl (C=O) groups is 2. The number of ether oxygens (including phenoxy) is 2. The highest BCUT2D eigenvalue weighted by Crippen LogP contribution is 2.31. The maximum atomic E-state index is 11.8. The standard InChI is InChI=1S/C22H33N3O4/c1-15(2)14-28-22(27)23-17-9-11-25(12-10-17)13-16(3)29-20-6-4-5-19-18(20)7-8-21(26)24-19/h4-6,15-17H,7-14H2,1-3H3,(H,23,27)(H,24,26). The van der Waals surface area contributed by atoms with E-state index in [4.69, 9.17) is 9.47 Å². The maximum absolute atomic E-state index is 11.8. The van der Waals surface area contributed by atoms with Gasteiger partial charge in [-0.15, -0.1) is 0 Å². The molecule has 0 aromatic heterocycles. The number of piperidine rings is 1. The molecule has 0 saturated carbocycles. The summed E-state index contributed by atoms with van der Waals surface area (Å²) in [5.74, 6) is 1.27. The predicted molar refractivity (Wildman–Crippen MR) is 112 cm³/mol. The number of alkyl carbamates (subject to hydrolysis) is 1. The van der Waals surface area contributed by atoms with Crippen molar-refractivity contribution >= 4 is 17.7 Å². The number of rotatable bonds is 7. The molecule has 0 aliphatic carbocycles. The first-order chi connectivity index (χ1) is 13.9. The van der Waals surface area contributed by atoms with Crippen LogP contribution >= 0.6 is 0 Å². The second-order valence-electron chi connectivity index (χ2n) is 8.47. The van der Waals surface area contributed by atoms with Crippen LogP contribution in [0.25, 0.3) is 0 Å². The topological polar surface area (TPSA) is 79.9 Å². The Kier molecular flexibility index (Phi) is 7.36. The molecule has 2 N–H and O–H groups in total. The first kappa shape index (κ1) is 21.4. The largest absolute Gasteiger partial charge is 0.489 e. The molecule has 2 aliphatic rings. The van der Waals surface area contributed by atoms with Crippen LogP contribution in [-0.2, 0) is 16.0 Å². The van der Waals surface area contributed by atoms with Crippen molar-refractivity contribution in [2.24, 2.45) is 5.92 Å². The minimum atomic E-state index is -0.310. The van der Waals surface area contributed by atoms with Crippen molar-refractivity contribution in [3.8, 4) is 5.75 Å². The Balaban J connectivity index is 1.42. The summed E-state index contributed by atoms with van der Waals surface area (Å²) < 4.78 is 11.4. The molecule has 0 bridgehead atoms. The molecule has 1 saturated heterocycles. The number of anilines is 1. The molecular weight excluding hydrogens is 370 g/mol. The molecule has 2 amide bonds. The number of nitrogens with zero attached hydrogens (tertiary/aromatic N) is 1. The van der Waals surface area contributed by atoms with E-state index in [0.717, 1.165) is 49.5 Å². The summed E-state index contributed by atoms with van der Waals surface area (Å²) >= 11 is 0. The number of likely N-dealkylation sites (tertiary alicyclic amines) is 1. The van der Waals surface area contributed by atoms with E-state index >= 15 is 0 Å². The summed E-state index contributed by atoms with van der Waals surface area (Å²) in [6, 6.07) is 5.99. The van der Waals surface area contributed by atoms with Crippen LogP contribution in [0.4, 0.5) is 10.5 Å². The Morgan fingerprint density at radius 3 is 2.72 bits per heavy atom. The summed E-state index contributed by atoms with van der Waals surface area (Å²) in [4.78, 5) is 25.8. The van der Waals surface area contributed by atoms with Gasteiger partial charge in [0.15, 0.2) is 0 Å². The van der Waals surface area contributed by atoms with Crippen molar-refractivity contribution < 1.29 is 19.1 Å². The van der Waals surface area contributed by atoms with Gasteiger partial charge in [0.1, 0.15) is 11.9 Å². The Hall–Kier alpha value is -2.28. The van der Waals surface area contributed by atoms with Gasteiger partial charge in [-0.25, -0.2) is 4.79 Å². The first-order valence-electron chi connectivity index (χ1n) is 10.6. The third kappa shape index (κ3) is 6.35. The molecule has 7 heteroatoms. The average molecular weight is 404 g/mol. The number of hydrogen-bond donors (Lipinski definition) is 2. The Bertz CT molecular complexity index is 714. The zero-order valence-corrected chi connectivity index (χ0v) is 17.7. The molecule has 2 heterocycles. The smallest absolute Gasteiger partial charge is 0.407 e. The van der Waals surface area contributed by atoms with E-state index in [1.54, 1.807) is 0 Å². The van der Waals surface area contributed by atoms with Gasteiger partial charge >= 0.3 is 6.09 Å². The summed E-state index contributed by atoms with van der Waals surface area (Å²) in [5, 5.41) is 5.89. The maximum Gasteiger partial charge on any atom is 0.407 e. The predicted octanol–water partition coefficient (Wildman–Crippen LogP) is 3.19. The molecular formula is C22H33N3O4. The second-order valence-corrected chi connectivity index (χ2v) is 8.47. The minimum absolute atomic E-state index is 0.0413. The van der Waals surface area contributed by atoms with Crippen molar-refractivity contribution in [1.82, 2.24) is 10.2 Å². The highest BCUT2D eigenvalue weighted by atomic mass is 16.5. The fourth-order valence-electron chi connectivity index (χ4n) is 3.83. The molecule has 3 rings (SSSR count). The normalized spacial score (nSPS) is 18.7. The van der Waals surface area contributed by atoms with Crippen LogP contribution in [0.1, 0.15) is 45.6 Å². The quantitative estimate of drug-likeness (QED) is 0.731. The van der Waals surface area contributed by atoms with Crippen LogP contribution in [-0.4, -0.2) is 55.3 Å². The van der Waals surface area contributed by atoms with E-state index in [1.165, 1.54) is 0 Å². The second kappa shape index (κ2) is 9.96. The van der Waals surface area contributed by atoms with E-state index in [9.17, 15) is 9.59 Å². The van der Waals surface area contributed by atoms with Crippen LogP contribution in [0.5, 0.6) is 5.75 Å². The number of hydrogen-bond acceptors (Lipinski definition) is 5. The summed E-state index contributed by atoms with van der Waals surface area (Å²) in [5.41, 5.74) is 1.95. The fraction of sp³-hybridized carbons (Fsp3) is 0.636. The van der Waals surface area contributed by atoms with Gasteiger partial charge in [-0.05, 0) is 44.2 Å². The third-order valence-electron chi connectivity index (χ3n) is 5.31. The number of benzene rings is 1. The van der Waals surface area contributed by atoms with Crippen LogP contribution in [0.3, 0.4) is 0 Å². The monoisotopic (exact) mass is 403 g/mol. The molecule has 7 nitrogen and oxygen atoms in total. The lowest BCUT2D eigenvalue weighted by molar-refractivity contribution is -0.116. The lowest BCUT2D eigenvalue weighted by Gasteiger charge is -2.34. The van der Waals surface area contributed by atoms with Gasteiger partial charge < -0.3 is 20.1 Å². The van der Waals surface area contributed by atoms with Gasteiger partial charge in [0.25, 0.3) is 0 Å². The third-order valence-corrected chi connectivity index (χ3v) is 5.31. The number of carbonyl (C=O) groups excluding carboxylic acids is 2. The van der Waals surface area contributed by atoms with E-state index in [1.807, 2.05) is 32.0 Å². The molecule has 29 heavy (non-hydrogen) atoms. The molecule has 1 aromatic carbocycles. The average Bonchev–Trinajstić information content (AvgIpc) is 2.68. The Morgan fingerprint density at radius 2 is 2.00 bits per heavy atom. The molecule has 1 atom stereocenters. The van der Waals surface area contributed by atoms with Crippen LogP contribution in [0.15, 0.2) is 18.2 Å². The van der Waals surface area contributed by atoms with Gasteiger partial charge in [0.05, 0.1) is 6.61 Å².